The van der Waals surface area contributed by atoms with Crippen molar-refractivity contribution in [2.45, 2.75) is 84.2 Å². The van der Waals surface area contributed by atoms with Crippen LogP contribution in [0.2, 0.25) is 0 Å². The zero-order valence-corrected chi connectivity index (χ0v) is 17.7. The third kappa shape index (κ3) is 3.22. The topological polar surface area (TPSA) is 75.5 Å². The van der Waals surface area contributed by atoms with Gasteiger partial charge in [0.2, 0.25) is 0 Å². The first kappa shape index (κ1) is 19.4. The number of hydrogen-bond acceptors (Lipinski definition) is 6. The van der Waals surface area contributed by atoms with E-state index >= 15 is 0 Å². The zero-order valence-electron chi connectivity index (χ0n) is 17.7. The number of nitrogens with zero attached hydrogens (tertiary/aromatic N) is 3. The average Bonchev–Trinajstić information content (AvgIpc) is 3.27. The molecule has 8 heteroatoms. The van der Waals surface area contributed by atoms with Crippen molar-refractivity contribution in [3.63, 3.8) is 0 Å². The molecule has 2 fully saturated rings. The second kappa shape index (κ2) is 6.03. The summed E-state index contributed by atoms with van der Waals surface area (Å²) in [5, 5.41) is 0.655. The fourth-order valence-electron chi connectivity index (χ4n) is 3.37. The maximum Gasteiger partial charge on any atom is 0.497 e. The van der Waals surface area contributed by atoms with E-state index in [4.69, 9.17) is 14.0 Å². The molecule has 1 saturated heterocycles. The highest BCUT2D eigenvalue weighted by Crippen LogP contribution is 2.40. The summed E-state index contributed by atoms with van der Waals surface area (Å²) in [6.45, 7) is 13.6. The van der Waals surface area contributed by atoms with Gasteiger partial charge in [0.1, 0.15) is 17.6 Å². The lowest BCUT2D eigenvalue weighted by Crippen LogP contribution is -2.41. The molecular weight excluding hydrogens is 357 g/mol. The Morgan fingerprint density at radius 1 is 1.18 bits per heavy atom. The number of ether oxygens (including phenoxy) is 1. The van der Waals surface area contributed by atoms with Crippen LogP contribution < -0.4 is 5.46 Å². The molecule has 1 saturated carbocycles. The van der Waals surface area contributed by atoms with Gasteiger partial charge >= 0.3 is 13.1 Å². The summed E-state index contributed by atoms with van der Waals surface area (Å²) >= 11 is 0. The molecule has 0 aromatic carbocycles. The van der Waals surface area contributed by atoms with Gasteiger partial charge < -0.3 is 18.6 Å². The van der Waals surface area contributed by atoms with Crippen LogP contribution in [0.1, 0.15) is 77.8 Å². The fraction of sp³-hybridized carbons (Fsp3) is 0.650. The van der Waals surface area contributed by atoms with Crippen LogP contribution in [0.4, 0.5) is 0 Å². The van der Waals surface area contributed by atoms with Gasteiger partial charge in [-0.05, 0) is 61.3 Å². The van der Waals surface area contributed by atoms with Crippen molar-refractivity contribution >= 4 is 29.6 Å². The van der Waals surface area contributed by atoms with E-state index in [1.807, 2.05) is 54.7 Å². The Kier molecular flexibility index (Phi) is 4.18. The lowest BCUT2D eigenvalue weighted by atomic mass is 9.79. The van der Waals surface area contributed by atoms with Gasteiger partial charge in [0, 0.05) is 17.7 Å². The van der Waals surface area contributed by atoms with E-state index in [-0.39, 0.29) is 5.69 Å². The van der Waals surface area contributed by atoms with E-state index in [0.717, 1.165) is 24.0 Å². The number of hydrogen-bond donors (Lipinski definition) is 0. The van der Waals surface area contributed by atoms with Gasteiger partial charge in [-0.2, -0.15) is 0 Å². The molecule has 0 radical (unpaired) electrons. The Balaban J connectivity index is 1.86. The van der Waals surface area contributed by atoms with Gasteiger partial charge in [0.15, 0.2) is 5.69 Å². The highest BCUT2D eigenvalue weighted by Gasteiger charge is 2.53. The predicted molar refractivity (Wildman–Crippen MR) is 107 cm³/mol. The quantitative estimate of drug-likeness (QED) is 0.597. The van der Waals surface area contributed by atoms with Gasteiger partial charge in [0.05, 0.1) is 16.6 Å². The molecule has 0 unspecified atom stereocenters. The Labute approximate surface area is 165 Å². The molecule has 0 N–H and O–H groups in total. The summed E-state index contributed by atoms with van der Waals surface area (Å²) in [6.07, 6.45) is 5.62. The SMILES string of the molecule is CC(C)(C)OC(=O)c1ncnc2c1c(B1OC(C)(C)C(C)(C)O1)cn2C1CC1. The van der Waals surface area contributed by atoms with E-state index in [0.29, 0.717) is 11.4 Å². The van der Waals surface area contributed by atoms with E-state index in [1.165, 1.54) is 6.33 Å². The second-order valence-electron chi connectivity index (χ2n) is 9.73. The minimum Gasteiger partial charge on any atom is -0.455 e. The van der Waals surface area contributed by atoms with E-state index in [1.54, 1.807) is 0 Å². The second-order valence-corrected chi connectivity index (χ2v) is 9.73. The van der Waals surface area contributed by atoms with Crippen LogP contribution in [0, 0.1) is 0 Å². The molecule has 2 aliphatic rings. The number of rotatable bonds is 3. The standard InChI is InChI=1S/C20H28BN3O4/c1-18(2,3)26-17(25)15-14-13(21-27-19(4,5)20(6,7)28-21)10-24(12-8-9-12)16(14)23-11-22-15/h10-12H,8-9H2,1-7H3. The third-order valence-corrected chi connectivity index (χ3v) is 5.68. The molecule has 2 aromatic rings. The van der Waals surface area contributed by atoms with Gasteiger partial charge in [-0.3, -0.25) is 0 Å². The molecule has 2 aromatic heterocycles. The summed E-state index contributed by atoms with van der Waals surface area (Å²) in [5.74, 6) is -0.466. The smallest absolute Gasteiger partial charge is 0.455 e. The first-order chi connectivity index (χ1) is 12.9. The summed E-state index contributed by atoms with van der Waals surface area (Å²) in [5.41, 5.74) is 0.188. The number of aromatic nitrogens is 3. The van der Waals surface area contributed by atoms with Gasteiger partial charge in [0.25, 0.3) is 0 Å². The molecule has 0 atom stereocenters. The Morgan fingerprint density at radius 2 is 1.79 bits per heavy atom. The zero-order chi connectivity index (χ0) is 20.5. The van der Waals surface area contributed by atoms with Crippen LogP contribution in [0.5, 0.6) is 0 Å². The predicted octanol–water partition coefficient (Wildman–Crippen LogP) is 3.02. The average molecular weight is 385 g/mol. The number of esters is 1. The van der Waals surface area contributed by atoms with E-state index in [2.05, 4.69) is 14.5 Å². The van der Waals surface area contributed by atoms with Crippen molar-refractivity contribution in [1.82, 2.24) is 14.5 Å². The van der Waals surface area contributed by atoms with Crippen molar-refractivity contribution in [1.29, 1.82) is 0 Å². The molecule has 7 nitrogen and oxygen atoms in total. The van der Waals surface area contributed by atoms with Crippen LogP contribution in [-0.4, -0.2) is 44.4 Å². The molecule has 4 rings (SSSR count). The Bertz CT molecular complexity index is 925. The Morgan fingerprint density at radius 3 is 2.32 bits per heavy atom. The first-order valence-electron chi connectivity index (χ1n) is 9.84. The molecule has 1 aliphatic heterocycles. The maximum absolute atomic E-state index is 12.9. The highest BCUT2D eigenvalue weighted by atomic mass is 16.7. The van der Waals surface area contributed by atoms with Crippen LogP contribution in [0.3, 0.4) is 0 Å². The maximum atomic E-state index is 12.9. The third-order valence-electron chi connectivity index (χ3n) is 5.68. The van der Waals surface area contributed by atoms with Crippen LogP contribution in [0.15, 0.2) is 12.5 Å². The van der Waals surface area contributed by atoms with Crippen molar-refractivity contribution in [3.05, 3.63) is 18.2 Å². The lowest BCUT2D eigenvalue weighted by Gasteiger charge is -2.32. The summed E-state index contributed by atoms with van der Waals surface area (Å²) < 4.78 is 20.2. The van der Waals surface area contributed by atoms with E-state index < -0.39 is 29.9 Å². The van der Waals surface area contributed by atoms with Crippen molar-refractivity contribution in [3.8, 4) is 0 Å². The summed E-state index contributed by atoms with van der Waals surface area (Å²) in [7, 11) is -0.598. The number of carbonyl (C=O) groups is 1. The van der Waals surface area contributed by atoms with Gasteiger partial charge in [-0.25, -0.2) is 14.8 Å². The largest absolute Gasteiger partial charge is 0.497 e. The van der Waals surface area contributed by atoms with Gasteiger partial charge in [-0.1, -0.05) is 0 Å². The molecule has 0 amide bonds. The summed E-state index contributed by atoms with van der Waals surface area (Å²) in [4.78, 5) is 21.6. The molecule has 0 spiro atoms. The summed E-state index contributed by atoms with van der Waals surface area (Å²) in [6, 6.07) is 0.389. The molecule has 3 heterocycles. The molecule has 28 heavy (non-hydrogen) atoms. The highest BCUT2D eigenvalue weighted by molar-refractivity contribution is 6.65. The lowest BCUT2D eigenvalue weighted by molar-refractivity contribution is 0.00578. The minimum atomic E-state index is -0.613. The normalized spacial score (nSPS) is 21.3. The van der Waals surface area contributed by atoms with E-state index in [9.17, 15) is 4.79 Å². The van der Waals surface area contributed by atoms with Gasteiger partial charge in [-0.15, -0.1) is 0 Å². The molecule has 1 aliphatic carbocycles. The van der Waals surface area contributed by atoms with Crippen LogP contribution in [-0.2, 0) is 14.0 Å². The van der Waals surface area contributed by atoms with Crippen molar-refractivity contribution in [2.75, 3.05) is 0 Å². The van der Waals surface area contributed by atoms with Crippen LogP contribution in [0.25, 0.3) is 11.0 Å². The minimum absolute atomic E-state index is 0.254. The molecule has 150 valence electrons. The van der Waals surface area contributed by atoms with Crippen molar-refractivity contribution < 1.29 is 18.8 Å². The molecule has 0 bridgehead atoms. The van der Waals surface area contributed by atoms with Crippen LogP contribution >= 0.6 is 0 Å². The van der Waals surface area contributed by atoms with Crippen molar-refractivity contribution in [2.24, 2.45) is 0 Å². The first-order valence-corrected chi connectivity index (χ1v) is 9.84. The monoisotopic (exact) mass is 385 g/mol. The fourth-order valence-corrected chi connectivity index (χ4v) is 3.37. The Hall–Kier alpha value is -1.93. The number of carbonyl (C=O) groups excluding carboxylic acids is 1. The number of fused-ring (bicyclic) bond motifs is 1. The molecular formula is C20H28BN3O4.